The summed E-state index contributed by atoms with van der Waals surface area (Å²) in [5, 5.41) is 23.1. The molecule has 0 bridgehead atoms. The van der Waals surface area contributed by atoms with E-state index in [4.69, 9.17) is 0 Å². The van der Waals surface area contributed by atoms with Gasteiger partial charge in [0.05, 0.1) is 18.8 Å². The number of hydrogen-bond acceptors (Lipinski definition) is 3. The van der Waals surface area contributed by atoms with E-state index >= 15 is 0 Å². The highest BCUT2D eigenvalue weighted by atomic mass is 16.3. The van der Waals surface area contributed by atoms with Crippen LogP contribution in [0.5, 0.6) is 0 Å². The maximum absolute atomic E-state index is 12.4. The highest BCUT2D eigenvalue weighted by Gasteiger charge is 2.20. The van der Waals surface area contributed by atoms with Crippen molar-refractivity contribution < 1.29 is 15.0 Å². The Morgan fingerprint density at radius 3 is 1.20 bits per heavy atom. The molecule has 0 aromatic heterocycles. The molecule has 3 N–H and O–H groups in total. The highest BCUT2D eigenvalue weighted by Crippen LogP contribution is 2.15. The van der Waals surface area contributed by atoms with Gasteiger partial charge in [-0.15, -0.1) is 0 Å². The molecule has 0 heterocycles. The molecule has 0 aliphatic carbocycles. The minimum atomic E-state index is -0.662. The maximum atomic E-state index is 12.4. The van der Waals surface area contributed by atoms with E-state index in [2.05, 4.69) is 92.1 Å². The Kier molecular flexibility index (Phi) is 44.4. The molecular weight excluding hydrogens is 675 g/mol. The van der Waals surface area contributed by atoms with Gasteiger partial charge in [-0.05, 0) is 64.2 Å². The predicted octanol–water partition coefficient (Wildman–Crippen LogP) is 15.1. The lowest BCUT2D eigenvalue weighted by molar-refractivity contribution is -0.123. The Hall–Kier alpha value is -2.17. The number of amides is 1. The molecule has 0 saturated carbocycles. The van der Waals surface area contributed by atoms with Gasteiger partial charge in [-0.1, -0.05) is 228 Å². The van der Waals surface area contributed by atoms with Crippen LogP contribution in [0.2, 0.25) is 0 Å². The van der Waals surface area contributed by atoms with Crippen LogP contribution in [0.3, 0.4) is 0 Å². The zero-order chi connectivity index (χ0) is 40.0. The molecule has 4 nitrogen and oxygen atoms in total. The van der Waals surface area contributed by atoms with E-state index in [1.54, 1.807) is 0 Å². The van der Waals surface area contributed by atoms with Crippen LogP contribution in [0.4, 0.5) is 0 Å². The number of carbonyl (C=O) groups is 1. The number of allylic oxidation sites excluding steroid dienone is 12. The Morgan fingerprint density at radius 2 is 0.800 bits per heavy atom. The molecule has 4 heteroatoms. The average Bonchev–Trinajstić information content (AvgIpc) is 3.19. The van der Waals surface area contributed by atoms with Crippen LogP contribution in [0.1, 0.15) is 226 Å². The summed E-state index contributed by atoms with van der Waals surface area (Å²) in [6.07, 6.45) is 65.6. The van der Waals surface area contributed by atoms with Gasteiger partial charge in [0, 0.05) is 6.42 Å². The van der Waals surface area contributed by atoms with Crippen molar-refractivity contribution >= 4 is 5.91 Å². The number of hydrogen-bond donors (Lipinski definition) is 3. The van der Waals surface area contributed by atoms with Crippen molar-refractivity contribution in [1.82, 2.24) is 5.32 Å². The van der Waals surface area contributed by atoms with Gasteiger partial charge in [0.2, 0.25) is 5.91 Å². The van der Waals surface area contributed by atoms with Crippen molar-refractivity contribution in [3.8, 4) is 0 Å². The van der Waals surface area contributed by atoms with Crippen molar-refractivity contribution in [2.24, 2.45) is 0 Å². The highest BCUT2D eigenvalue weighted by molar-refractivity contribution is 5.76. The number of aliphatic hydroxyl groups excluding tert-OH is 2. The number of nitrogens with one attached hydrogen (secondary N) is 1. The number of unbranched alkanes of at least 4 members (excludes halogenated alkanes) is 23. The second-order valence-corrected chi connectivity index (χ2v) is 15.8. The first-order valence-corrected chi connectivity index (χ1v) is 23.6. The van der Waals surface area contributed by atoms with Crippen LogP contribution in [-0.4, -0.2) is 34.9 Å². The number of rotatable bonds is 42. The van der Waals surface area contributed by atoms with Crippen LogP contribution in [-0.2, 0) is 4.79 Å². The average molecular weight is 766 g/mol. The van der Waals surface area contributed by atoms with Crippen molar-refractivity contribution in [3.63, 3.8) is 0 Å². The van der Waals surface area contributed by atoms with E-state index in [0.29, 0.717) is 12.8 Å². The second-order valence-electron chi connectivity index (χ2n) is 15.8. The monoisotopic (exact) mass is 766 g/mol. The van der Waals surface area contributed by atoms with Crippen molar-refractivity contribution in [2.75, 3.05) is 6.61 Å². The third-order valence-electron chi connectivity index (χ3n) is 10.5. The SMILES string of the molecule is CC/C=C\C/C=C\C/C=C\C/C=C\C/C=C\C/C=C\CCCCCCCCCCCCCCC(=O)NC(CO)C(O)CCCCCCCCCCCCCC. The van der Waals surface area contributed by atoms with Crippen LogP contribution in [0, 0.1) is 0 Å². The molecule has 0 aliphatic heterocycles. The molecule has 1 amide bonds. The van der Waals surface area contributed by atoms with Gasteiger partial charge in [0.1, 0.15) is 0 Å². The molecule has 0 spiro atoms. The predicted molar refractivity (Wildman–Crippen MR) is 244 cm³/mol. The number of aliphatic hydroxyl groups is 2. The Labute approximate surface area is 342 Å². The molecule has 318 valence electrons. The molecule has 0 aromatic rings. The van der Waals surface area contributed by atoms with Crippen molar-refractivity contribution in [2.45, 2.75) is 238 Å². The Balaban J connectivity index is 3.52. The normalized spacial score (nSPS) is 13.6. The number of carbonyl (C=O) groups excluding carboxylic acids is 1. The van der Waals surface area contributed by atoms with Crippen LogP contribution in [0.15, 0.2) is 72.9 Å². The molecule has 0 fully saturated rings. The van der Waals surface area contributed by atoms with Gasteiger partial charge in [-0.3, -0.25) is 4.79 Å². The second kappa shape index (κ2) is 46.2. The molecule has 0 saturated heterocycles. The largest absolute Gasteiger partial charge is 0.394 e. The lowest BCUT2D eigenvalue weighted by Gasteiger charge is -2.22. The van der Waals surface area contributed by atoms with E-state index in [-0.39, 0.29) is 12.5 Å². The van der Waals surface area contributed by atoms with Gasteiger partial charge in [0.15, 0.2) is 0 Å². The van der Waals surface area contributed by atoms with Gasteiger partial charge >= 0.3 is 0 Å². The zero-order valence-corrected chi connectivity index (χ0v) is 36.4. The fourth-order valence-electron chi connectivity index (χ4n) is 6.89. The Bertz CT molecular complexity index is 961. The fraction of sp³-hybridized carbons (Fsp3) is 0.745. The minimum Gasteiger partial charge on any atom is -0.394 e. The molecule has 0 rings (SSSR count). The van der Waals surface area contributed by atoms with E-state index < -0.39 is 12.1 Å². The van der Waals surface area contributed by atoms with Crippen molar-refractivity contribution in [3.05, 3.63) is 72.9 Å². The maximum Gasteiger partial charge on any atom is 0.220 e. The molecule has 0 radical (unpaired) electrons. The molecule has 0 aromatic carbocycles. The lowest BCUT2D eigenvalue weighted by Crippen LogP contribution is -2.45. The van der Waals surface area contributed by atoms with E-state index in [0.717, 1.165) is 64.2 Å². The summed E-state index contributed by atoms with van der Waals surface area (Å²) < 4.78 is 0. The standard InChI is InChI=1S/C51H91NO3/c1-3-5-7-9-11-13-15-17-18-19-20-21-22-23-24-25-26-27-28-29-30-31-32-33-34-35-37-39-41-43-45-47-51(55)52-49(48-53)50(54)46-44-42-40-38-36-16-14-12-10-8-6-4-2/h5,7,11,13,17-18,20-21,23-24,26-27,49-50,53-54H,3-4,6,8-10,12,14-16,19,22,25,28-48H2,1-2H3,(H,52,55)/b7-5-,13-11-,18-17-,21-20-,24-23-,27-26-. The molecule has 0 aliphatic rings. The first-order chi connectivity index (χ1) is 27.2. The smallest absolute Gasteiger partial charge is 0.220 e. The summed E-state index contributed by atoms with van der Waals surface area (Å²) in [6.45, 7) is 4.23. The first-order valence-electron chi connectivity index (χ1n) is 23.6. The third-order valence-corrected chi connectivity index (χ3v) is 10.5. The van der Waals surface area contributed by atoms with Gasteiger partial charge in [-0.25, -0.2) is 0 Å². The van der Waals surface area contributed by atoms with Crippen LogP contribution >= 0.6 is 0 Å². The zero-order valence-electron chi connectivity index (χ0n) is 36.4. The summed E-state index contributed by atoms with van der Waals surface area (Å²) in [5.41, 5.74) is 0. The first kappa shape index (κ1) is 52.8. The van der Waals surface area contributed by atoms with E-state index in [1.807, 2.05) is 0 Å². The summed E-state index contributed by atoms with van der Waals surface area (Å²) in [7, 11) is 0. The van der Waals surface area contributed by atoms with E-state index in [1.165, 1.54) is 135 Å². The summed E-state index contributed by atoms with van der Waals surface area (Å²) >= 11 is 0. The van der Waals surface area contributed by atoms with Crippen molar-refractivity contribution in [1.29, 1.82) is 0 Å². The molecule has 2 unspecified atom stereocenters. The summed E-state index contributed by atoms with van der Waals surface area (Å²) in [6, 6.07) is -0.539. The third kappa shape index (κ3) is 42.8. The van der Waals surface area contributed by atoms with Crippen LogP contribution in [0.25, 0.3) is 0 Å². The van der Waals surface area contributed by atoms with E-state index in [9.17, 15) is 15.0 Å². The lowest BCUT2D eigenvalue weighted by atomic mass is 10.0. The molecule has 55 heavy (non-hydrogen) atoms. The Morgan fingerprint density at radius 1 is 0.455 bits per heavy atom. The topological polar surface area (TPSA) is 69.6 Å². The minimum absolute atomic E-state index is 0.0369. The summed E-state index contributed by atoms with van der Waals surface area (Å²) in [5.74, 6) is -0.0369. The van der Waals surface area contributed by atoms with Gasteiger partial charge < -0.3 is 15.5 Å². The molecule has 2 atom stereocenters. The quantitative estimate of drug-likeness (QED) is 0.0428. The summed E-state index contributed by atoms with van der Waals surface area (Å²) in [4.78, 5) is 12.4. The van der Waals surface area contributed by atoms with Gasteiger partial charge in [0.25, 0.3) is 0 Å². The molecular formula is C51H91NO3. The fourth-order valence-corrected chi connectivity index (χ4v) is 6.89. The van der Waals surface area contributed by atoms with Gasteiger partial charge in [-0.2, -0.15) is 0 Å². The van der Waals surface area contributed by atoms with Crippen LogP contribution < -0.4 is 5.32 Å².